The topological polar surface area (TPSA) is 105 Å². The van der Waals surface area contributed by atoms with Crippen LogP contribution in [-0.4, -0.2) is 70.7 Å². The number of carbonyl (C=O) groups excluding carboxylic acids is 3. The van der Waals surface area contributed by atoms with Crippen LogP contribution < -0.4 is 9.64 Å². The maximum atomic E-state index is 14.9. The molecule has 10 heteroatoms. The number of aromatic hydroxyl groups is 1. The maximum Gasteiger partial charge on any atom is 0.415 e. The Bertz CT molecular complexity index is 2140. The van der Waals surface area contributed by atoms with Crippen LogP contribution in [0.1, 0.15) is 48.7 Å². The number of fused-ring (bicyclic) bond motifs is 2. The molecule has 52 heavy (non-hydrogen) atoms. The Labute approximate surface area is 303 Å². The van der Waals surface area contributed by atoms with Gasteiger partial charge in [-0.3, -0.25) is 9.59 Å². The molecule has 2 aliphatic rings. The number of aromatic nitrogens is 1. The zero-order valence-electron chi connectivity index (χ0n) is 29.8. The highest BCUT2D eigenvalue weighted by Crippen LogP contribution is 2.36. The number of hydrogen-bond acceptors (Lipinski definition) is 6. The quantitative estimate of drug-likeness (QED) is 0.202. The van der Waals surface area contributed by atoms with E-state index in [1.165, 1.54) is 5.56 Å². The first kappa shape index (κ1) is 34.6. The fourth-order valence-electron chi connectivity index (χ4n) is 7.28. The summed E-state index contributed by atoms with van der Waals surface area (Å²) in [7, 11) is 5.26. The van der Waals surface area contributed by atoms with Crippen LogP contribution in [0.4, 0.5) is 10.5 Å². The summed E-state index contributed by atoms with van der Waals surface area (Å²) < 4.78 is 13.3. The lowest BCUT2D eigenvalue weighted by atomic mass is 9.89. The van der Waals surface area contributed by atoms with Crippen molar-refractivity contribution in [2.75, 3.05) is 32.2 Å². The number of carbonyl (C=O) groups is 3. The zero-order valence-corrected chi connectivity index (χ0v) is 29.8. The lowest BCUT2D eigenvalue weighted by Crippen LogP contribution is -2.47. The fraction of sp³-hybridized carbons (Fsp3) is 0.262. The first-order valence-electron chi connectivity index (χ1n) is 17.4. The molecule has 4 aromatic carbocycles. The van der Waals surface area contributed by atoms with E-state index in [2.05, 4.69) is 18.2 Å². The molecule has 2 aliphatic heterocycles. The molecule has 0 fully saturated rings. The van der Waals surface area contributed by atoms with E-state index in [1.807, 2.05) is 65.9 Å². The number of benzene rings is 4. The average molecular weight is 699 g/mol. The third-order valence-corrected chi connectivity index (χ3v) is 10.3. The fourth-order valence-corrected chi connectivity index (χ4v) is 7.28. The van der Waals surface area contributed by atoms with Crippen molar-refractivity contribution in [3.63, 3.8) is 0 Å². The van der Waals surface area contributed by atoms with Crippen molar-refractivity contribution in [3.8, 4) is 22.8 Å². The average Bonchev–Trinajstić information content (AvgIpc) is 3.46. The predicted molar refractivity (Wildman–Crippen MR) is 199 cm³/mol. The molecule has 10 nitrogen and oxygen atoms in total. The van der Waals surface area contributed by atoms with E-state index >= 15 is 0 Å². The number of anilines is 1. The highest BCUT2D eigenvalue weighted by atomic mass is 16.6. The van der Waals surface area contributed by atoms with Gasteiger partial charge in [-0.25, -0.2) is 4.79 Å². The van der Waals surface area contributed by atoms with E-state index in [1.54, 1.807) is 60.4 Å². The van der Waals surface area contributed by atoms with E-state index in [4.69, 9.17) is 9.47 Å². The lowest BCUT2D eigenvalue weighted by molar-refractivity contribution is 0.0477. The number of methoxy groups -OCH3 is 1. The van der Waals surface area contributed by atoms with Crippen LogP contribution in [-0.2, 0) is 37.7 Å². The smallest absolute Gasteiger partial charge is 0.415 e. The predicted octanol–water partition coefficient (Wildman–Crippen LogP) is 6.75. The van der Waals surface area contributed by atoms with Crippen LogP contribution in [0.5, 0.6) is 11.5 Å². The van der Waals surface area contributed by atoms with Gasteiger partial charge in [-0.1, -0.05) is 42.5 Å². The molecule has 3 heterocycles. The summed E-state index contributed by atoms with van der Waals surface area (Å²) >= 11 is 0. The zero-order chi connectivity index (χ0) is 36.5. The minimum Gasteiger partial charge on any atom is -0.508 e. The molecule has 0 aliphatic carbocycles. The van der Waals surface area contributed by atoms with Crippen molar-refractivity contribution in [1.82, 2.24) is 14.4 Å². The number of hydrogen-bond donors (Lipinski definition) is 1. The molecule has 5 aromatic rings. The number of rotatable bonds is 7. The molecule has 1 N–H and O–H groups in total. The summed E-state index contributed by atoms with van der Waals surface area (Å²) in [4.78, 5) is 47.2. The van der Waals surface area contributed by atoms with Crippen LogP contribution in [0, 0.1) is 6.92 Å². The minimum absolute atomic E-state index is 0.119. The number of para-hydroxylation sites is 1. The van der Waals surface area contributed by atoms with E-state index in [-0.39, 0.29) is 23.6 Å². The standard InChI is InChI=1S/C42H42N4O6/c1-27-36(40(48)44(3)32-14-16-34(47)17-15-32)23-39(43(27)2)37-21-29-18-19-45(42(50)52-35-12-6-5-7-13-35)24-31(29)22-38(37)41(49)46-25-30-11-9-8-10-28(30)20-33(46)26-51-4/h5-17,21-23,33,47H,18-20,24-26H2,1-4H3/t33-/m0/s1. The van der Waals surface area contributed by atoms with Gasteiger partial charge in [0.15, 0.2) is 0 Å². The second-order valence-corrected chi connectivity index (χ2v) is 13.5. The van der Waals surface area contributed by atoms with Gasteiger partial charge in [-0.15, -0.1) is 0 Å². The summed E-state index contributed by atoms with van der Waals surface area (Å²) in [6, 6.07) is 29.3. The van der Waals surface area contributed by atoms with E-state index in [0.29, 0.717) is 61.6 Å². The molecule has 266 valence electrons. The molecule has 1 aromatic heterocycles. The van der Waals surface area contributed by atoms with Crippen LogP contribution in [0.25, 0.3) is 11.3 Å². The third-order valence-electron chi connectivity index (χ3n) is 10.3. The Morgan fingerprint density at radius 3 is 2.29 bits per heavy atom. The van der Waals surface area contributed by atoms with Crippen LogP contribution >= 0.6 is 0 Å². The Morgan fingerprint density at radius 1 is 0.846 bits per heavy atom. The van der Waals surface area contributed by atoms with Gasteiger partial charge in [0.05, 0.1) is 18.2 Å². The summed E-state index contributed by atoms with van der Waals surface area (Å²) in [6.45, 7) is 3.46. The number of phenolic OH excluding ortho intramolecular Hbond substituents is 1. The van der Waals surface area contributed by atoms with Crippen molar-refractivity contribution < 1.29 is 29.0 Å². The molecular formula is C42H42N4O6. The van der Waals surface area contributed by atoms with Crippen molar-refractivity contribution in [2.45, 2.75) is 38.9 Å². The Balaban J connectivity index is 1.29. The Kier molecular flexibility index (Phi) is 9.57. The van der Waals surface area contributed by atoms with Gasteiger partial charge in [0.2, 0.25) is 0 Å². The summed E-state index contributed by atoms with van der Waals surface area (Å²) in [5, 5.41) is 9.78. The van der Waals surface area contributed by atoms with Gasteiger partial charge < -0.3 is 33.8 Å². The first-order chi connectivity index (χ1) is 25.1. The largest absolute Gasteiger partial charge is 0.508 e. The van der Waals surface area contributed by atoms with Crippen LogP contribution in [0.3, 0.4) is 0 Å². The normalized spacial score (nSPS) is 15.1. The number of nitrogens with zero attached hydrogens (tertiary/aromatic N) is 4. The maximum absolute atomic E-state index is 14.9. The second-order valence-electron chi connectivity index (χ2n) is 13.5. The van der Waals surface area contributed by atoms with Crippen molar-refractivity contribution in [3.05, 3.63) is 136 Å². The molecule has 0 saturated carbocycles. The molecule has 0 spiro atoms. The molecule has 7 rings (SSSR count). The number of amides is 3. The molecule has 1 atom stereocenters. The van der Waals surface area contributed by atoms with Crippen molar-refractivity contribution in [1.29, 1.82) is 0 Å². The Morgan fingerprint density at radius 2 is 1.56 bits per heavy atom. The first-order valence-corrected chi connectivity index (χ1v) is 17.4. The number of phenols is 1. The van der Waals surface area contributed by atoms with Crippen LogP contribution in [0.15, 0.2) is 97.1 Å². The van der Waals surface area contributed by atoms with Crippen molar-refractivity contribution >= 4 is 23.6 Å². The molecule has 3 amide bonds. The summed E-state index contributed by atoms with van der Waals surface area (Å²) in [5.74, 6) is 0.232. The minimum atomic E-state index is -0.444. The highest BCUT2D eigenvalue weighted by molar-refractivity contribution is 6.08. The van der Waals surface area contributed by atoms with Gasteiger partial charge in [-0.05, 0) is 96.6 Å². The van der Waals surface area contributed by atoms with E-state index in [0.717, 1.165) is 33.6 Å². The van der Waals surface area contributed by atoms with E-state index < -0.39 is 6.09 Å². The van der Waals surface area contributed by atoms with Gasteiger partial charge >= 0.3 is 6.09 Å². The SMILES string of the molecule is COC[C@@H]1Cc2ccccc2CN1C(=O)c1cc2c(cc1-c1cc(C(=O)N(C)c3ccc(O)cc3)c(C)n1C)CCN(C(=O)Oc1ccccc1)C2. The van der Waals surface area contributed by atoms with Crippen LogP contribution in [0.2, 0.25) is 0 Å². The van der Waals surface area contributed by atoms with E-state index in [9.17, 15) is 19.5 Å². The summed E-state index contributed by atoms with van der Waals surface area (Å²) in [6.07, 6.45) is 0.796. The van der Waals surface area contributed by atoms with Crippen molar-refractivity contribution in [2.24, 2.45) is 7.05 Å². The molecule has 0 radical (unpaired) electrons. The Hall–Kier alpha value is -5.87. The highest BCUT2D eigenvalue weighted by Gasteiger charge is 2.34. The van der Waals surface area contributed by atoms with Gasteiger partial charge in [0.1, 0.15) is 11.5 Å². The van der Waals surface area contributed by atoms with Gasteiger partial charge in [0, 0.05) is 69.0 Å². The van der Waals surface area contributed by atoms with Gasteiger partial charge in [0.25, 0.3) is 11.8 Å². The number of ether oxygens (including phenoxy) is 2. The summed E-state index contributed by atoms with van der Waals surface area (Å²) in [5.41, 5.74) is 8.03. The third kappa shape index (κ3) is 6.65. The van der Waals surface area contributed by atoms with Gasteiger partial charge in [-0.2, -0.15) is 0 Å². The molecule has 0 saturated heterocycles. The lowest BCUT2D eigenvalue weighted by Gasteiger charge is -2.37. The molecule has 0 unspecified atom stereocenters. The molecular weight excluding hydrogens is 656 g/mol. The molecule has 0 bridgehead atoms. The monoisotopic (exact) mass is 698 g/mol. The second kappa shape index (κ2) is 14.4.